The average Bonchev–Trinajstić information content (AvgIpc) is 2.96. The van der Waals surface area contributed by atoms with Crippen LogP contribution in [0.15, 0.2) is 0 Å². The molecule has 2 fully saturated rings. The number of rotatable bonds is 2. The van der Waals surface area contributed by atoms with E-state index in [2.05, 4.69) is 0 Å². The molecule has 0 aromatic carbocycles. The first-order chi connectivity index (χ1) is 10.4. The van der Waals surface area contributed by atoms with Gasteiger partial charge in [0.1, 0.15) is 6.04 Å². The van der Waals surface area contributed by atoms with Crippen LogP contribution in [0.1, 0.15) is 47.0 Å². The summed E-state index contributed by atoms with van der Waals surface area (Å²) in [7, 11) is 0. The van der Waals surface area contributed by atoms with Crippen molar-refractivity contribution in [3.63, 3.8) is 0 Å². The summed E-state index contributed by atoms with van der Waals surface area (Å²) in [5.41, 5.74) is -0.796. The molecule has 1 N–H and O–H groups in total. The van der Waals surface area contributed by atoms with Crippen molar-refractivity contribution < 1.29 is 22.8 Å². The van der Waals surface area contributed by atoms with Gasteiger partial charge in [0.05, 0.1) is 0 Å². The minimum atomic E-state index is -4.99. The molecule has 0 aromatic rings. The van der Waals surface area contributed by atoms with Crippen LogP contribution in [0, 0.1) is 17.3 Å². The number of nitrogens with one attached hydrogen (secondary N) is 1. The molecule has 23 heavy (non-hydrogen) atoms. The van der Waals surface area contributed by atoms with Gasteiger partial charge in [-0.2, -0.15) is 13.2 Å². The van der Waals surface area contributed by atoms with E-state index in [9.17, 15) is 22.8 Å². The average molecular weight is 334 g/mol. The lowest BCUT2D eigenvalue weighted by molar-refractivity contribution is -0.176. The third-order valence-corrected chi connectivity index (χ3v) is 5.19. The first kappa shape index (κ1) is 18.1. The normalized spacial score (nSPS) is 29.3. The van der Waals surface area contributed by atoms with Crippen molar-refractivity contribution in [2.24, 2.45) is 17.3 Å². The Morgan fingerprint density at radius 3 is 2.26 bits per heavy atom. The number of halogens is 3. The Bertz CT molecular complexity index is 485. The third kappa shape index (κ3) is 3.63. The van der Waals surface area contributed by atoms with Gasteiger partial charge in [-0.05, 0) is 37.0 Å². The fourth-order valence-corrected chi connectivity index (χ4v) is 3.90. The molecule has 7 heteroatoms. The molecule has 2 rings (SSSR count). The molecule has 0 spiro atoms. The predicted octanol–water partition coefficient (Wildman–Crippen LogP) is 2.73. The SMILES string of the molecule is C[C@@H]1[C@H]2CCC[C@H]2CN1C(=O)[C@@H](NC(=O)C(F)(F)F)C(C)(C)C. The number of carbonyl (C=O) groups is 2. The maximum absolute atomic E-state index is 12.8. The molecule has 2 aliphatic rings. The summed E-state index contributed by atoms with van der Waals surface area (Å²) >= 11 is 0. The summed E-state index contributed by atoms with van der Waals surface area (Å²) in [6, 6.07) is -1.17. The zero-order valence-electron chi connectivity index (χ0n) is 14.0. The summed E-state index contributed by atoms with van der Waals surface area (Å²) in [5.74, 6) is -1.60. The highest BCUT2D eigenvalue weighted by molar-refractivity contribution is 5.90. The zero-order valence-corrected chi connectivity index (χ0v) is 14.0. The summed E-state index contributed by atoms with van der Waals surface area (Å²) in [4.78, 5) is 25.8. The van der Waals surface area contributed by atoms with Crippen molar-refractivity contribution in [1.29, 1.82) is 0 Å². The predicted molar refractivity (Wildman–Crippen MR) is 79.4 cm³/mol. The van der Waals surface area contributed by atoms with E-state index in [4.69, 9.17) is 0 Å². The molecule has 4 nitrogen and oxygen atoms in total. The Hall–Kier alpha value is -1.27. The topological polar surface area (TPSA) is 49.4 Å². The van der Waals surface area contributed by atoms with Gasteiger partial charge in [-0.25, -0.2) is 0 Å². The molecule has 0 unspecified atom stereocenters. The smallest absolute Gasteiger partial charge is 0.338 e. The molecule has 1 saturated carbocycles. The molecule has 4 atom stereocenters. The Balaban J connectivity index is 2.16. The molecule has 132 valence electrons. The van der Waals surface area contributed by atoms with Gasteiger partial charge in [0.2, 0.25) is 5.91 Å². The number of likely N-dealkylation sites (tertiary alicyclic amines) is 1. The van der Waals surface area contributed by atoms with Crippen LogP contribution < -0.4 is 5.32 Å². The van der Waals surface area contributed by atoms with Crippen molar-refractivity contribution in [2.75, 3.05) is 6.54 Å². The van der Waals surface area contributed by atoms with Gasteiger partial charge >= 0.3 is 12.1 Å². The molecule has 2 amide bonds. The van der Waals surface area contributed by atoms with Crippen LogP contribution in [-0.2, 0) is 9.59 Å². The lowest BCUT2D eigenvalue weighted by Crippen LogP contribution is -2.57. The molecule has 1 aliphatic carbocycles. The summed E-state index contributed by atoms with van der Waals surface area (Å²) in [6.45, 7) is 7.52. The Labute approximate surface area is 134 Å². The van der Waals surface area contributed by atoms with Crippen LogP contribution in [0.4, 0.5) is 13.2 Å². The van der Waals surface area contributed by atoms with E-state index in [1.54, 1.807) is 25.7 Å². The molecular formula is C16H25F3N2O2. The number of amides is 2. The first-order valence-electron chi connectivity index (χ1n) is 8.11. The van der Waals surface area contributed by atoms with Gasteiger partial charge in [0.25, 0.3) is 0 Å². The summed E-state index contributed by atoms with van der Waals surface area (Å²) in [5, 5.41) is 1.90. The minimum absolute atomic E-state index is 0.0163. The van der Waals surface area contributed by atoms with E-state index >= 15 is 0 Å². The highest BCUT2D eigenvalue weighted by Gasteiger charge is 2.49. The second-order valence-electron chi connectivity index (χ2n) is 7.86. The standard InChI is InChI=1S/C16H25F3N2O2/c1-9-11-7-5-6-10(11)8-21(9)13(22)12(15(2,3)4)20-14(23)16(17,18)19/h9-12H,5-8H2,1-4H3,(H,20,23)/t9-,10+,11-,12-/m1/s1. The molecule has 1 heterocycles. The van der Waals surface area contributed by atoms with Crippen molar-refractivity contribution in [2.45, 2.75) is 65.2 Å². The highest BCUT2D eigenvalue weighted by atomic mass is 19.4. The summed E-state index contributed by atoms with van der Waals surface area (Å²) < 4.78 is 37.7. The van der Waals surface area contributed by atoms with E-state index in [0.29, 0.717) is 18.4 Å². The van der Waals surface area contributed by atoms with Gasteiger partial charge in [0.15, 0.2) is 0 Å². The molecule has 1 saturated heterocycles. The van der Waals surface area contributed by atoms with Crippen LogP contribution in [0.2, 0.25) is 0 Å². The first-order valence-corrected chi connectivity index (χ1v) is 8.11. The van der Waals surface area contributed by atoms with Crippen molar-refractivity contribution >= 4 is 11.8 Å². The fourth-order valence-electron chi connectivity index (χ4n) is 3.90. The number of alkyl halides is 3. The molecular weight excluding hydrogens is 309 g/mol. The van der Waals surface area contributed by atoms with Crippen molar-refractivity contribution in [3.8, 4) is 0 Å². The van der Waals surface area contributed by atoms with Crippen molar-refractivity contribution in [3.05, 3.63) is 0 Å². The number of hydrogen-bond acceptors (Lipinski definition) is 2. The van der Waals surface area contributed by atoms with E-state index in [0.717, 1.165) is 19.3 Å². The van der Waals surface area contributed by atoms with Gasteiger partial charge < -0.3 is 10.2 Å². The lowest BCUT2D eigenvalue weighted by atomic mass is 9.85. The lowest BCUT2D eigenvalue weighted by Gasteiger charge is -2.35. The third-order valence-electron chi connectivity index (χ3n) is 5.19. The van der Waals surface area contributed by atoms with Gasteiger partial charge in [-0.1, -0.05) is 27.2 Å². The van der Waals surface area contributed by atoms with E-state index in [1.165, 1.54) is 0 Å². The zero-order chi connectivity index (χ0) is 17.6. The monoisotopic (exact) mass is 334 g/mol. The molecule has 0 radical (unpaired) electrons. The van der Waals surface area contributed by atoms with Gasteiger partial charge in [-0.3, -0.25) is 9.59 Å². The largest absolute Gasteiger partial charge is 0.471 e. The van der Waals surface area contributed by atoms with Crippen LogP contribution in [-0.4, -0.2) is 41.5 Å². The van der Waals surface area contributed by atoms with E-state index in [-0.39, 0.29) is 6.04 Å². The molecule has 1 aliphatic heterocycles. The maximum Gasteiger partial charge on any atom is 0.471 e. The van der Waals surface area contributed by atoms with Crippen molar-refractivity contribution in [1.82, 2.24) is 10.2 Å². The summed E-state index contributed by atoms with van der Waals surface area (Å²) in [6.07, 6.45) is -1.72. The second-order valence-corrected chi connectivity index (χ2v) is 7.86. The number of hydrogen-bond donors (Lipinski definition) is 1. The van der Waals surface area contributed by atoms with Gasteiger partial charge in [0, 0.05) is 12.6 Å². The second kappa shape index (κ2) is 5.98. The van der Waals surface area contributed by atoms with Crippen LogP contribution in [0.25, 0.3) is 0 Å². The van der Waals surface area contributed by atoms with Crippen LogP contribution in [0.3, 0.4) is 0 Å². The Morgan fingerprint density at radius 2 is 1.78 bits per heavy atom. The maximum atomic E-state index is 12.8. The Morgan fingerprint density at radius 1 is 1.17 bits per heavy atom. The number of nitrogens with zero attached hydrogens (tertiary/aromatic N) is 1. The number of fused-ring (bicyclic) bond motifs is 1. The highest BCUT2D eigenvalue weighted by Crippen LogP contribution is 2.42. The van der Waals surface area contributed by atoms with Gasteiger partial charge in [-0.15, -0.1) is 0 Å². The minimum Gasteiger partial charge on any atom is -0.338 e. The Kier molecular flexibility index (Phi) is 4.70. The molecule has 0 bridgehead atoms. The van der Waals surface area contributed by atoms with E-state index < -0.39 is 29.4 Å². The van der Waals surface area contributed by atoms with E-state index in [1.807, 2.05) is 12.2 Å². The number of carbonyl (C=O) groups excluding carboxylic acids is 2. The molecule has 0 aromatic heterocycles. The fraction of sp³-hybridized carbons (Fsp3) is 0.875. The van der Waals surface area contributed by atoms with Crippen LogP contribution >= 0.6 is 0 Å². The van der Waals surface area contributed by atoms with Crippen LogP contribution in [0.5, 0.6) is 0 Å². The quantitative estimate of drug-likeness (QED) is 0.844.